The van der Waals surface area contributed by atoms with E-state index in [4.69, 9.17) is 0 Å². The molecule has 0 aromatic carbocycles. The second-order valence-electron chi connectivity index (χ2n) is 4.08. The van der Waals surface area contributed by atoms with Crippen LogP contribution in [0.5, 0.6) is 5.75 Å². The quantitative estimate of drug-likeness (QED) is 0.759. The van der Waals surface area contributed by atoms with Crippen molar-refractivity contribution in [3.05, 3.63) is 11.9 Å². The van der Waals surface area contributed by atoms with Crippen molar-refractivity contribution < 1.29 is 5.11 Å². The number of rotatable bonds is 2. The van der Waals surface area contributed by atoms with Gasteiger partial charge in [-0.2, -0.15) is 5.10 Å². The first-order chi connectivity index (χ1) is 6.20. The lowest BCUT2D eigenvalue weighted by Gasteiger charge is -2.27. The minimum Gasteiger partial charge on any atom is -0.504 e. The Morgan fingerprint density at radius 1 is 1.54 bits per heavy atom. The topological polar surface area (TPSA) is 38.0 Å². The summed E-state index contributed by atoms with van der Waals surface area (Å²) in [6.45, 7) is 4.18. The number of hydrogen-bond acceptors (Lipinski definition) is 2. The largest absolute Gasteiger partial charge is 0.504 e. The lowest BCUT2D eigenvalue weighted by atomic mass is 9.82. The van der Waals surface area contributed by atoms with Gasteiger partial charge in [-0.15, -0.1) is 0 Å². The molecular formula is C10H16N2O. The maximum absolute atomic E-state index is 9.63. The summed E-state index contributed by atoms with van der Waals surface area (Å²) >= 11 is 0. The normalized spacial score (nSPS) is 17.8. The van der Waals surface area contributed by atoms with Crippen molar-refractivity contribution in [1.82, 2.24) is 9.78 Å². The van der Waals surface area contributed by atoms with Crippen LogP contribution in [0.3, 0.4) is 0 Å². The van der Waals surface area contributed by atoms with E-state index in [1.54, 1.807) is 6.20 Å². The van der Waals surface area contributed by atoms with Gasteiger partial charge in [-0.1, -0.05) is 6.42 Å². The smallest absolute Gasteiger partial charge is 0.157 e. The van der Waals surface area contributed by atoms with Gasteiger partial charge in [-0.25, -0.2) is 0 Å². The molecule has 1 aliphatic carbocycles. The lowest BCUT2D eigenvalue weighted by molar-refractivity contribution is 0.357. The molecule has 13 heavy (non-hydrogen) atoms. The van der Waals surface area contributed by atoms with E-state index < -0.39 is 0 Å². The fraction of sp³-hybridized carbons (Fsp3) is 0.700. The van der Waals surface area contributed by atoms with Crippen molar-refractivity contribution in [3.8, 4) is 5.75 Å². The zero-order chi connectivity index (χ0) is 9.42. The molecule has 3 nitrogen and oxygen atoms in total. The summed E-state index contributed by atoms with van der Waals surface area (Å²) in [7, 11) is 0. The Morgan fingerprint density at radius 3 is 2.69 bits per heavy atom. The number of hydrogen-bond donors (Lipinski definition) is 1. The van der Waals surface area contributed by atoms with Crippen LogP contribution < -0.4 is 0 Å². The molecule has 1 N–H and O–H groups in total. The maximum atomic E-state index is 9.63. The van der Waals surface area contributed by atoms with Gasteiger partial charge in [0.2, 0.25) is 0 Å². The first kappa shape index (κ1) is 8.60. The van der Waals surface area contributed by atoms with Crippen LogP contribution in [0, 0.1) is 0 Å². The van der Waals surface area contributed by atoms with Crippen LogP contribution in [0.4, 0.5) is 0 Å². The molecule has 1 aliphatic rings. The van der Waals surface area contributed by atoms with Gasteiger partial charge in [0, 0.05) is 12.0 Å². The van der Waals surface area contributed by atoms with Crippen LogP contribution in [0.15, 0.2) is 6.20 Å². The van der Waals surface area contributed by atoms with E-state index in [0.717, 1.165) is 5.69 Å². The number of aromatic nitrogens is 2. The zero-order valence-corrected chi connectivity index (χ0v) is 8.20. The van der Waals surface area contributed by atoms with Crippen molar-refractivity contribution in [3.63, 3.8) is 0 Å². The third kappa shape index (κ3) is 1.32. The molecule has 0 bridgehead atoms. The Labute approximate surface area is 78.4 Å². The highest BCUT2D eigenvalue weighted by molar-refractivity contribution is 5.28. The van der Waals surface area contributed by atoms with E-state index in [-0.39, 0.29) is 0 Å². The van der Waals surface area contributed by atoms with Gasteiger partial charge in [0.25, 0.3) is 0 Å². The lowest BCUT2D eigenvalue weighted by Crippen LogP contribution is -2.16. The summed E-state index contributed by atoms with van der Waals surface area (Å²) in [5.41, 5.74) is 1.04. The maximum Gasteiger partial charge on any atom is 0.157 e. The van der Waals surface area contributed by atoms with E-state index in [1.165, 1.54) is 19.3 Å². The highest BCUT2D eigenvalue weighted by atomic mass is 16.3. The van der Waals surface area contributed by atoms with Crippen molar-refractivity contribution in [2.45, 2.75) is 45.1 Å². The molecule has 1 aromatic heterocycles. The third-order valence-corrected chi connectivity index (χ3v) is 2.79. The molecule has 0 aliphatic heterocycles. The van der Waals surface area contributed by atoms with Crippen LogP contribution in [-0.2, 0) is 0 Å². The van der Waals surface area contributed by atoms with Gasteiger partial charge in [-0.3, -0.25) is 4.68 Å². The summed E-state index contributed by atoms with van der Waals surface area (Å²) in [4.78, 5) is 0. The van der Waals surface area contributed by atoms with E-state index >= 15 is 0 Å². The van der Waals surface area contributed by atoms with Gasteiger partial charge in [0.15, 0.2) is 5.75 Å². The Morgan fingerprint density at radius 2 is 2.23 bits per heavy atom. The van der Waals surface area contributed by atoms with Crippen LogP contribution in [0.2, 0.25) is 0 Å². The van der Waals surface area contributed by atoms with Crippen molar-refractivity contribution >= 4 is 0 Å². The molecule has 1 heterocycles. The van der Waals surface area contributed by atoms with Gasteiger partial charge in [-0.05, 0) is 26.7 Å². The van der Waals surface area contributed by atoms with Gasteiger partial charge < -0.3 is 5.11 Å². The third-order valence-electron chi connectivity index (χ3n) is 2.79. The number of aromatic hydroxyl groups is 1. The monoisotopic (exact) mass is 180 g/mol. The van der Waals surface area contributed by atoms with Crippen LogP contribution in [-0.4, -0.2) is 14.9 Å². The Hall–Kier alpha value is -0.990. The standard InChI is InChI=1S/C10H16N2O/c1-7(2)12-10(8-4-3-5-8)9(13)6-11-12/h6-8,13H,3-5H2,1-2H3. The average molecular weight is 180 g/mol. The highest BCUT2D eigenvalue weighted by Gasteiger charge is 2.27. The number of nitrogens with zero attached hydrogens (tertiary/aromatic N) is 2. The molecule has 0 spiro atoms. The molecule has 1 fully saturated rings. The molecule has 3 heteroatoms. The second-order valence-corrected chi connectivity index (χ2v) is 4.08. The molecule has 0 saturated heterocycles. The molecule has 0 radical (unpaired) electrons. The molecule has 1 aromatic rings. The van der Waals surface area contributed by atoms with E-state index in [9.17, 15) is 5.11 Å². The summed E-state index contributed by atoms with van der Waals surface area (Å²) in [5, 5.41) is 13.8. The van der Waals surface area contributed by atoms with E-state index in [0.29, 0.717) is 17.7 Å². The van der Waals surface area contributed by atoms with Crippen molar-refractivity contribution in [1.29, 1.82) is 0 Å². The van der Waals surface area contributed by atoms with Gasteiger partial charge in [0.1, 0.15) is 0 Å². The fourth-order valence-electron chi connectivity index (χ4n) is 1.85. The van der Waals surface area contributed by atoms with Crippen LogP contribution in [0.25, 0.3) is 0 Å². The van der Waals surface area contributed by atoms with Crippen LogP contribution >= 0.6 is 0 Å². The van der Waals surface area contributed by atoms with Crippen LogP contribution in [0.1, 0.15) is 50.8 Å². The average Bonchev–Trinajstić information content (AvgIpc) is 2.30. The molecule has 2 rings (SSSR count). The minimum atomic E-state index is 0.344. The Bertz CT molecular complexity index is 300. The molecule has 0 unspecified atom stereocenters. The summed E-state index contributed by atoms with van der Waals surface area (Å²) in [6, 6.07) is 0.344. The molecule has 1 saturated carbocycles. The predicted molar refractivity (Wildman–Crippen MR) is 50.9 cm³/mol. The molecule has 0 atom stereocenters. The Kier molecular flexibility index (Phi) is 2.02. The zero-order valence-electron chi connectivity index (χ0n) is 8.20. The molecule has 0 amide bonds. The van der Waals surface area contributed by atoms with E-state index in [2.05, 4.69) is 18.9 Å². The first-order valence-electron chi connectivity index (χ1n) is 4.96. The van der Waals surface area contributed by atoms with Crippen molar-refractivity contribution in [2.24, 2.45) is 0 Å². The second kappa shape index (κ2) is 3.05. The highest BCUT2D eigenvalue weighted by Crippen LogP contribution is 2.41. The first-order valence-corrected chi connectivity index (χ1v) is 4.96. The summed E-state index contributed by atoms with van der Waals surface area (Å²) < 4.78 is 1.94. The molecular weight excluding hydrogens is 164 g/mol. The summed E-state index contributed by atoms with van der Waals surface area (Å²) in [6.07, 6.45) is 5.25. The molecule has 72 valence electrons. The summed E-state index contributed by atoms with van der Waals surface area (Å²) in [5.74, 6) is 0.920. The SMILES string of the molecule is CC(C)n1ncc(O)c1C1CCC1. The fourth-order valence-corrected chi connectivity index (χ4v) is 1.85. The Balaban J connectivity index is 2.34. The van der Waals surface area contributed by atoms with Gasteiger partial charge in [0.05, 0.1) is 11.9 Å². The van der Waals surface area contributed by atoms with Gasteiger partial charge >= 0.3 is 0 Å². The van der Waals surface area contributed by atoms with Crippen molar-refractivity contribution in [2.75, 3.05) is 0 Å². The minimum absolute atomic E-state index is 0.344. The predicted octanol–water partition coefficient (Wildman–Crippen LogP) is 2.44. The van der Waals surface area contributed by atoms with E-state index in [1.807, 2.05) is 4.68 Å².